The molecule has 0 unspecified atom stereocenters. The van der Waals surface area contributed by atoms with Gasteiger partial charge in [-0.25, -0.2) is 0 Å². The summed E-state index contributed by atoms with van der Waals surface area (Å²) in [4.78, 5) is 0. The number of methoxy groups -OCH3 is 2. The third-order valence-electron chi connectivity index (χ3n) is 3.12. The van der Waals surface area contributed by atoms with Crippen molar-refractivity contribution < 1.29 is 14.6 Å². The van der Waals surface area contributed by atoms with E-state index in [-0.39, 0.29) is 0 Å². The van der Waals surface area contributed by atoms with E-state index in [1.807, 2.05) is 12.1 Å². The van der Waals surface area contributed by atoms with Gasteiger partial charge in [-0.3, -0.25) is 0 Å². The lowest BCUT2D eigenvalue weighted by Crippen LogP contribution is -2.13. The first-order valence-electron chi connectivity index (χ1n) is 5.64. The lowest BCUT2D eigenvalue weighted by atomic mass is 10.0. The van der Waals surface area contributed by atoms with Crippen LogP contribution >= 0.6 is 15.9 Å². The summed E-state index contributed by atoms with van der Waals surface area (Å²) >= 11 is 3.47. The number of hydrogen-bond donors (Lipinski definition) is 1. The quantitative estimate of drug-likeness (QED) is 0.909. The molecule has 1 aromatic carbocycles. The van der Waals surface area contributed by atoms with E-state index < -0.39 is 5.60 Å². The van der Waals surface area contributed by atoms with Crippen molar-refractivity contribution in [2.45, 2.75) is 31.5 Å². The summed E-state index contributed by atoms with van der Waals surface area (Å²) in [6.45, 7) is 0.537. The standard InChI is InChI=1S/C13H17BrO3/c1-16-8-10-6-12(17-2)11(14)5-9(10)7-13(15)3-4-13/h5-6,15H,3-4,7-8H2,1-2H3. The Morgan fingerprint density at radius 3 is 2.53 bits per heavy atom. The van der Waals surface area contributed by atoms with Gasteiger partial charge in [-0.2, -0.15) is 0 Å². The first kappa shape index (κ1) is 12.9. The van der Waals surface area contributed by atoms with E-state index in [2.05, 4.69) is 15.9 Å². The van der Waals surface area contributed by atoms with Crippen molar-refractivity contribution in [2.75, 3.05) is 14.2 Å². The number of hydrogen-bond acceptors (Lipinski definition) is 3. The normalized spacial score (nSPS) is 16.9. The Balaban J connectivity index is 2.30. The molecule has 0 radical (unpaired) electrons. The van der Waals surface area contributed by atoms with Crippen LogP contribution in [-0.4, -0.2) is 24.9 Å². The summed E-state index contributed by atoms with van der Waals surface area (Å²) < 4.78 is 11.4. The Morgan fingerprint density at radius 2 is 2.00 bits per heavy atom. The molecule has 1 saturated carbocycles. The van der Waals surface area contributed by atoms with Crippen LogP contribution < -0.4 is 4.74 Å². The molecule has 0 amide bonds. The van der Waals surface area contributed by atoms with Crippen LogP contribution in [0, 0.1) is 0 Å². The fourth-order valence-electron chi connectivity index (χ4n) is 1.92. The van der Waals surface area contributed by atoms with Crippen LogP contribution in [0.15, 0.2) is 16.6 Å². The van der Waals surface area contributed by atoms with Gasteiger partial charge >= 0.3 is 0 Å². The first-order chi connectivity index (χ1) is 8.08. The first-order valence-corrected chi connectivity index (χ1v) is 6.44. The van der Waals surface area contributed by atoms with Gasteiger partial charge in [-0.1, -0.05) is 0 Å². The van der Waals surface area contributed by atoms with E-state index in [0.29, 0.717) is 13.0 Å². The number of aliphatic hydroxyl groups is 1. The summed E-state index contributed by atoms with van der Waals surface area (Å²) in [5.41, 5.74) is 1.71. The Hall–Kier alpha value is -0.580. The summed E-state index contributed by atoms with van der Waals surface area (Å²) in [7, 11) is 3.31. The second-order valence-electron chi connectivity index (χ2n) is 4.59. The van der Waals surface area contributed by atoms with E-state index in [4.69, 9.17) is 9.47 Å². The molecule has 94 valence electrons. The van der Waals surface area contributed by atoms with Crippen molar-refractivity contribution in [3.8, 4) is 5.75 Å². The molecule has 17 heavy (non-hydrogen) atoms. The molecule has 4 heteroatoms. The molecule has 0 aromatic heterocycles. The molecular weight excluding hydrogens is 284 g/mol. The van der Waals surface area contributed by atoms with Gasteiger partial charge in [0, 0.05) is 13.5 Å². The average molecular weight is 301 g/mol. The van der Waals surface area contributed by atoms with E-state index in [0.717, 1.165) is 34.2 Å². The van der Waals surface area contributed by atoms with Crippen LogP contribution in [0.5, 0.6) is 5.75 Å². The maximum atomic E-state index is 10.0. The zero-order chi connectivity index (χ0) is 12.5. The molecule has 0 spiro atoms. The van der Waals surface area contributed by atoms with Gasteiger partial charge in [0.2, 0.25) is 0 Å². The molecule has 0 saturated heterocycles. The van der Waals surface area contributed by atoms with Gasteiger partial charge in [0.15, 0.2) is 0 Å². The fourth-order valence-corrected chi connectivity index (χ4v) is 2.48. The van der Waals surface area contributed by atoms with E-state index in [9.17, 15) is 5.11 Å². The minimum absolute atomic E-state index is 0.490. The lowest BCUT2D eigenvalue weighted by Gasteiger charge is -2.15. The molecule has 0 atom stereocenters. The number of rotatable bonds is 5. The van der Waals surface area contributed by atoms with Crippen LogP contribution in [0.2, 0.25) is 0 Å². The van der Waals surface area contributed by atoms with Crippen LogP contribution in [0.25, 0.3) is 0 Å². The van der Waals surface area contributed by atoms with Gasteiger partial charge in [-0.15, -0.1) is 0 Å². The van der Waals surface area contributed by atoms with Gasteiger partial charge < -0.3 is 14.6 Å². The van der Waals surface area contributed by atoms with Crippen molar-refractivity contribution in [3.63, 3.8) is 0 Å². The van der Waals surface area contributed by atoms with Crippen molar-refractivity contribution >= 4 is 15.9 Å². The molecule has 1 aromatic rings. The maximum Gasteiger partial charge on any atom is 0.133 e. The monoisotopic (exact) mass is 300 g/mol. The van der Waals surface area contributed by atoms with Crippen LogP contribution in [0.3, 0.4) is 0 Å². The number of halogens is 1. The van der Waals surface area contributed by atoms with Gasteiger partial charge in [0.25, 0.3) is 0 Å². The summed E-state index contributed by atoms with van der Waals surface area (Å²) in [6, 6.07) is 3.98. The Labute approximate surface area is 110 Å². The Kier molecular flexibility index (Phi) is 3.76. The predicted molar refractivity (Wildman–Crippen MR) is 69.3 cm³/mol. The minimum Gasteiger partial charge on any atom is -0.496 e. The number of benzene rings is 1. The molecule has 0 aliphatic heterocycles. The van der Waals surface area contributed by atoms with Crippen molar-refractivity contribution in [2.24, 2.45) is 0 Å². The summed E-state index contributed by atoms with van der Waals surface area (Å²) in [6.07, 6.45) is 2.47. The van der Waals surface area contributed by atoms with Crippen LogP contribution in [-0.2, 0) is 17.8 Å². The molecule has 0 bridgehead atoms. The second kappa shape index (κ2) is 4.96. The lowest BCUT2D eigenvalue weighted by molar-refractivity contribution is 0.148. The van der Waals surface area contributed by atoms with E-state index >= 15 is 0 Å². The molecule has 2 rings (SSSR count). The molecule has 1 aliphatic rings. The van der Waals surface area contributed by atoms with Crippen molar-refractivity contribution in [1.82, 2.24) is 0 Å². The molecule has 1 aliphatic carbocycles. The topological polar surface area (TPSA) is 38.7 Å². The maximum absolute atomic E-state index is 10.0. The van der Waals surface area contributed by atoms with Crippen molar-refractivity contribution in [3.05, 3.63) is 27.7 Å². The van der Waals surface area contributed by atoms with Crippen LogP contribution in [0.1, 0.15) is 24.0 Å². The molecular formula is C13H17BrO3. The van der Waals surface area contributed by atoms with Gasteiger partial charge in [-0.05, 0) is 52.0 Å². The number of ether oxygens (including phenoxy) is 2. The highest BCUT2D eigenvalue weighted by atomic mass is 79.9. The third kappa shape index (κ3) is 3.00. The SMILES string of the molecule is COCc1cc(OC)c(Br)cc1CC1(O)CC1. The average Bonchev–Trinajstić information content (AvgIpc) is 3.00. The molecule has 0 heterocycles. The highest BCUT2D eigenvalue weighted by molar-refractivity contribution is 9.10. The van der Waals surface area contributed by atoms with E-state index in [1.54, 1.807) is 14.2 Å². The molecule has 1 fully saturated rings. The Morgan fingerprint density at radius 1 is 1.29 bits per heavy atom. The summed E-state index contributed by atoms with van der Waals surface area (Å²) in [5.74, 6) is 0.795. The zero-order valence-corrected chi connectivity index (χ0v) is 11.7. The van der Waals surface area contributed by atoms with Crippen LogP contribution in [0.4, 0.5) is 0 Å². The zero-order valence-electron chi connectivity index (χ0n) is 10.1. The largest absolute Gasteiger partial charge is 0.496 e. The highest BCUT2D eigenvalue weighted by Gasteiger charge is 2.40. The van der Waals surface area contributed by atoms with Gasteiger partial charge in [0.1, 0.15) is 5.75 Å². The second-order valence-corrected chi connectivity index (χ2v) is 5.44. The highest BCUT2D eigenvalue weighted by Crippen LogP contribution is 2.40. The Bertz CT molecular complexity index is 413. The van der Waals surface area contributed by atoms with Gasteiger partial charge in [0.05, 0.1) is 23.8 Å². The smallest absolute Gasteiger partial charge is 0.133 e. The fraction of sp³-hybridized carbons (Fsp3) is 0.538. The molecule has 3 nitrogen and oxygen atoms in total. The van der Waals surface area contributed by atoms with E-state index in [1.165, 1.54) is 0 Å². The minimum atomic E-state index is -0.490. The molecule has 1 N–H and O–H groups in total. The predicted octanol–water partition coefficient (Wildman–Crippen LogP) is 2.67. The van der Waals surface area contributed by atoms with Crippen molar-refractivity contribution in [1.29, 1.82) is 0 Å². The summed E-state index contributed by atoms with van der Waals surface area (Å²) in [5, 5.41) is 10.0. The third-order valence-corrected chi connectivity index (χ3v) is 3.74.